The Labute approximate surface area is 531 Å². The van der Waals surface area contributed by atoms with Gasteiger partial charge in [0.25, 0.3) is 0 Å². The van der Waals surface area contributed by atoms with Crippen LogP contribution in [0.5, 0.6) is 23.0 Å². The highest BCUT2D eigenvalue weighted by Crippen LogP contribution is 2.43. The number of hydrogen-bond donors (Lipinski definition) is 9. The summed E-state index contributed by atoms with van der Waals surface area (Å²) in [7, 11) is 32.5. The molecule has 78 heavy (non-hydrogen) atoms. The smallest absolute Gasteiger partial charge is 0.129 e. The molecule has 424 valence electrons. The Balaban J connectivity index is 0.000000296. The number of halogens is 4. The molecule has 6 rings (SSSR count). The number of rotatable bonds is 21. The van der Waals surface area contributed by atoms with Crippen LogP contribution in [0.2, 0.25) is 0 Å². The summed E-state index contributed by atoms with van der Waals surface area (Å²) in [5.74, 6) is 1.40. The van der Waals surface area contributed by atoms with Crippen LogP contribution in [0.15, 0.2) is 48.5 Å². The van der Waals surface area contributed by atoms with Gasteiger partial charge in [-0.25, -0.2) is 0 Å². The van der Waals surface area contributed by atoms with E-state index in [0.29, 0.717) is 55.2 Å². The maximum absolute atomic E-state index is 10.7. The molecule has 0 aromatic heterocycles. The molecule has 12 nitrogen and oxygen atoms in total. The van der Waals surface area contributed by atoms with E-state index in [1.165, 1.54) is 25.7 Å². The van der Waals surface area contributed by atoms with Gasteiger partial charge in [0.15, 0.2) is 0 Å². The van der Waals surface area contributed by atoms with Crippen LogP contribution in [0, 0.1) is 27.7 Å². The van der Waals surface area contributed by atoms with Crippen molar-refractivity contribution in [2.24, 2.45) is 17.2 Å². The lowest BCUT2D eigenvalue weighted by Gasteiger charge is -2.29. The molecule has 2 aliphatic rings. The Kier molecular flexibility index (Phi) is 35.5. The molecule has 8 radical (unpaired) electrons. The third-order valence-corrected chi connectivity index (χ3v) is 23.5. The molecule has 0 saturated heterocycles. The van der Waals surface area contributed by atoms with E-state index in [4.69, 9.17) is 47.5 Å². The standard InChI is InChI=1S/C21H28B2I2N2O2P2.C14H21BIN2OP.C13H21BIN2OP.C6H14N2/c1-14-8-18(30(22)24)10-16(20(14)28)12-27(7-5-6-26(3)4)13-17-11-19(31(23)25)9-15(2)21(17)29;1-9-6-11(20(15)16)7-10(14(9)19)8-18-13-5-3-2-4-12(13)17;1-10-7-12(19(14)15)8-11(13(10)18)9-16-5-4-6-17(2)3;7-5-3-1-2-4-6(5)8/h8-11,28-29H,5-7,12-13H2,1-4H3;6-7,12-13,18-19H,2-5,8,17H2,1H3;7-8,16,18H,4-6,9H2,1-3H3;5-6H,1-4,7-8H2. The number of phenolic OH excluding ortho intramolecular Hbond substituents is 4. The maximum atomic E-state index is 10.7. The first-order chi connectivity index (χ1) is 36.7. The first-order valence-corrected chi connectivity index (χ1v) is 43.3. The van der Waals surface area contributed by atoms with Gasteiger partial charge in [-0.15, -0.1) is 0 Å². The van der Waals surface area contributed by atoms with Gasteiger partial charge in [-0.1, -0.05) is 136 Å². The number of nitrogens with one attached hydrogen (secondary N) is 2. The summed E-state index contributed by atoms with van der Waals surface area (Å²) in [4.78, 5) is 6.61. The van der Waals surface area contributed by atoms with Gasteiger partial charge in [0.05, 0.1) is 0 Å². The molecule has 8 unspecified atom stereocenters. The van der Waals surface area contributed by atoms with Crippen molar-refractivity contribution in [3.63, 3.8) is 0 Å². The zero-order valence-corrected chi connectivity index (χ0v) is 59.3. The largest absolute Gasteiger partial charge is 0.507 e. The summed E-state index contributed by atoms with van der Waals surface area (Å²) in [6, 6.07) is 17.1. The van der Waals surface area contributed by atoms with Crippen LogP contribution in [0.3, 0.4) is 0 Å². The molecular weight excluding hydrogens is 1500 g/mol. The van der Waals surface area contributed by atoms with Crippen LogP contribution < -0.4 is 49.1 Å². The molecule has 8 atom stereocenters. The summed E-state index contributed by atoms with van der Waals surface area (Å²) in [6.07, 6.45) is 11.6. The number of nitrogens with zero attached hydrogens (tertiary/aromatic N) is 3. The Morgan fingerprint density at radius 2 is 0.821 bits per heavy atom. The van der Waals surface area contributed by atoms with Crippen molar-refractivity contribution in [3.05, 3.63) is 93.0 Å². The monoisotopic (exact) mass is 1580 g/mol. The zero-order chi connectivity index (χ0) is 58.4. The first-order valence-electron chi connectivity index (χ1n) is 26.5. The van der Waals surface area contributed by atoms with Gasteiger partial charge in [0.2, 0.25) is 0 Å². The van der Waals surface area contributed by atoms with Crippen molar-refractivity contribution in [2.75, 3.05) is 54.4 Å². The van der Waals surface area contributed by atoms with Crippen LogP contribution in [-0.2, 0) is 26.2 Å². The summed E-state index contributed by atoms with van der Waals surface area (Å²) >= 11 is 9.00. The van der Waals surface area contributed by atoms with Crippen molar-refractivity contribution in [1.29, 1.82) is 0 Å². The summed E-state index contributed by atoms with van der Waals surface area (Å²) < 4.78 is 0. The van der Waals surface area contributed by atoms with Gasteiger partial charge in [-0.05, 0) is 206 Å². The van der Waals surface area contributed by atoms with Gasteiger partial charge in [0.1, 0.15) is 53.3 Å². The molecule has 2 aliphatic carbocycles. The van der Waals surface area contributed by atoms with Crippen molar-refractivity contribution < 1.29 is 20.4 Å². The molecule has 0 heterocycles. The average molecular weight is 1580 g/mol. The molecule has 0 bridgehead atoms. The summed E-state index contributed by atoms with van der Waals surface area (Å²) in [6.45, 7) is 14.0. The summed E-state index contributed by atoms with van der Waals surface area (Å²) in [5.41, 5.74) is 21.7. The Morgan fingerprint density at radius 1 is 0.487 bits per heavy atom. The lowest BCUT2D eigenvalue weighted by atomic mass is 9.91. The minimum absolute atomic E-state index is 0.228. The van der Waals surface area contributed by atoms with E-state index in [1.807, 2.05) is 76.2 Å². The Morgan fingerprint density at radius 3 is 1.18 bits per heavy atom. The van der Waals surface area contributed by atoms with Crippen LogP contribution in [0.4, 0.5) is 0 Å². The third kappa shape index (κ3) is 26.1. The van der Waals surface area contributed by atoms with Crippen molar-refractivity contribution in [1.82, 2.24) is 25.3 Å². The van der Waals surface area contributed by atoms with Crippen LogP contribution in [0.1, 0.15) is 109 Å². The highest BCUT2D eigenvalue weighted by molar-refractivity contribution is 14.2. The molecular formula is C54H84B4I4N8O4P4. The van der Waals surface area contributed by atoms with E-state index >= 15 is 0 Å². The fourth-order valence-corrected chi connectivity index (χ4v) is 15.0. The van der Waals surface area contributed by atoms with E-state index in [9.17, 15) is 20.4 Å². The van der Waals surface area contributed by atoms with E-state index in [2.05, 4.69) is 142 Å². The van der Waals surface area contributed by atoms with Crippen LogP contribution >= 0.6 is 110 Å². The molecule has 12 N–H and O–H groups in total. The lowest BCUT2D eigenvalue weighted by molar-refractivity contribution is 0.234. The first kappa shape index (κ1) is 72.9. The van der Waals surface area contributed by atoms with Crippen LogP contribution in [0.25, 0.3) is 0 Å². The van der Waals surface area contributed by atoms with Crippen molar-refractivity contribution in [3.8, 4) is 23.0 Å². The van der Waals surface area contributed by atoms with Gasteiger partial charge in [-0.2, -0.15) is 0 Å². The molecule has 0 amide bonds. The van der Waals surface area contributed by atoms with Gasteiger partial charge >= 0.3 is 0 Å². The number of aryl methyl sites for hydroxylation is 4. The Bertz CT molecular complexity index is 2370. The number of benzene rings is 4. The highest BCUT2D eigenvalue weighted by Gasteiger charge is 2.23. The minimum atomic E-state index is -0.773. The molecule has 0 spiro atoms. The molecule has 2 fully saturated rings. The normalized spacial score (nSPS) is 18.9. The predicted molar refractivity (Wildman–Crippen MR) is 380 cm³/mol. The second-order valence-corrected chi connectivity index (χ2v) is 38.1. The van der Waals surface area contributed by atoms with E-state index in [1.54, 1.807) is 0 Å². The predicted octanol–water partition coefficient (Wildman–Crippen LogP) is 9.85. The van der Waals surface area contributed by atoms with E-state index in [0.717, 1.165) is 130 Å². The summed E-state index contributed by atoms with van der Waals surface area (Å²) in [5, 5.41) is 52.9. The SMILES string of the molecule is NC1CCCCC1N.[B]P(I)c1cc(C)c(O)c(CN(CCCN(C)C)Cc2cc(P([B])I)cc(C)c2O)c1.[B]P(I)c1cc(C)c(O)c(CNC2CCCCC2N)c1.[B]P(I)c1cc(C)c(O)c(CNCCCN(C)C)c1. The van der Waals surface area contributed by atoms with E-state index < -0.39 is 21.8 Å². The topological polar surface area (TPSA) is 193 Å². The van der Waals surface area contributed by atoms with Crippen LogP contribution in [-0.4, -0.2) is 144 Å². The third-order valence-electron chi connectivity index (χ3n) is 13.8. The van der Waals surface area contributed by atoms with Gasteiger partial charge in [-0.3, -0.25) is 4.90 Å². The van der Waals surface area contributed by atoms with Gasteiger partial charge < -0.3 is 58.1 Å². The van der Waals surface area contributed by atoms with E-state index in [-0.39, 0.29) is 18.1 Å². The lowest BCUT2D eigenvalue weighted by Crippen LogP contribution is -2.46. The van der Waals surface area contributed by atoms with Crippen molar-refractivity contribution >= 4 is 161 Å². The second-order valence-electron chi connectivity index (χ2n) is 21.1. The number of phenols is 4. The van der Waals surface area contributed by atoms with Gasteiger partial charge in [0, 0.05) is 79.1 Å². The molecule has 4 aromatic rings. The average Bonchev–Trinajstić information content (AvgIpc) is 3.39. The molecule has 2 saturated carbocycles. The zero-order valence-electron chi connectivity index (χ0n) is 47.1. The Hall–Kier alpha value is 0.660. The quantitative estimate of drug-likeness (QED) is 0.0166. The fraction of sp³-hybridized carbons (Fsp3) is 0.556. The second kappa shape index (κ2) is 38.0. The molecule has 4 aromatic carbocycles. The van der Waals surface area contributed by atoms with Crippen molar-refractivity contribution in [2.45, 2.75) is 142 Å². The maximum Gasteiger partial charge on any atom is 0.129 e. The number of hydrogen-bond acceptors (Lipinski definition) is 12. The minimum Gasteiger partial charge on any atom is -0.507 e. The fourth-order valence-electron chi connectivity index (χ4n) is 9.22. The highest BCUT2D eigenvalue weighted by atomic mass is 127. The molecule has 24 heteroatoms. The number of aromatic hydroxyl groups is 4. The number of nitrogens with two attached hydrogens (primary N) is 3. The molecule has 0 aliphatic heterocycles.